The van der Waals surface area contributed by atoms with Crippen LogP contribution >= 0.6 is 12.6 Å². The maximum atomic E-state index is 9.76. The van der Waals surface area contributed by atoms with E-state index in [0.717, 1.165) is 0 Å². The van der Waals surface area contributed by atoms with Crippen LogP contribution in [0.5, 0.6) is 0 Å². The van der Waals surface area contributed by atoms with Gasteiger partial charge in [0.1, 0.15) is 0 Å². The van der Waals surface area contributed by atoms with Gasteiger partial charge < -0.3 is 19.8 Å². The van der Waals surface area contributed by atoms with Crippen molar-refractivity contribution in [2.75, 3.05) is 0 Å². The van der Waals surface area contributed by atoms with Crippen molar-refractivity contribution < 1.29 is 19.8 Å². The molecule has 52 valence electrons. The molecule has 0 rings (SSSR count). The fourth-order valence-electron chi connectivity index (χ4n) is 0.241. The summed E-state index contributed by atoms with van der Waals surface area (Å²) in [6.45, 7) is 0. The molecule has 0 spiro atoms. The van der Waals surface area contributed by atoms with Gasteiger partial charge in [-0.2, -0.15) is 12.6 Å². The van der Waals surface area contributed by atoms with Crippen LogP contribution < -0.4 is 10.2 Å². The van der Waals surface area contributed by atoms with Crippen LogP contribution in [0.3, 0.4) is 0 Å². The number of aliphatic carboxylic acids is 2. The van der Waals surface area contributed by atoms with Gasteiger partial charge in [-0.1, -0.05) is 0 Å². The summed E-state index contributed by atoms with van der Waals surface area (Å²) in [5, 5.41) is 18.2. The average molecular weight is 236 g/mol. The van der Waals surface area contributed by atoms with Gasteiger partial charge in [0.25, 0.3) is 0 Å². The molecule has 0 aromatic rings. The van der Waals surface area contributed by atoms with E-state index in [1.807, 2.05) is 0 Å². The molecule has 0 aliphatic rings. The van der Waals surface area contributed by atoms with E-state index >= 15 is 0 Å². The van der Waals surface area contributed by atoms with Crippen molar-refractivity contribution in [3.05, 3.63) is 0 Å². The van der Waals surface area contributed by atoms with Crippen molar-refractivity contribution in [3.63, 3.8) is 0 Å². The average Bonchev–Trinajstić information content (AvgIpc) is 1.63. The van der Waals surface area contributed by atoms with Gasteiger partial charge in [-0.3, -0.25) is 0 Å². The summed E-state index contributed by atoms with van der Waals surface area (Å²) < 4.78 is 0. The van der Waals surface area contributed by atoms with E-state index in [4.69, 9.17) is 0 Å². The van der Waals surface area contributed by atoms with Gasteiger partial charge in [-0.05, 0) is 0 Å². The number of hydrogen-bond acceptors (Lipinski definition) is 5. The van der Waals surface area contributed by atoms with E-state index in [-0.39, 0.29) is 45.5 Å². The summed E-state index contributed by atoms with van der Waals surface area (Å²) in [5.74, 6) is -2.94. The molecule has 6 heteroatoms. The Hall–Kier alpha value is 0.771. The summed E-state index contributed by atoms with van der Waals surface area (Å²) in [4.78, 5) is 19.4. The molecule has 0 amide bonds. The Kier molecular flexibility index (Phi) is 8.66. The van der Waals surface area contributed by atoms with Gasteiger partial charge in [0, 0.05) is 17.6 Å². The topological polar surface area (TPSA) is 80.3 Å². The Bertz CT molecular complexity index is 137. The molecular formula is C4H4O4SSr. The van der Waals surface area contributed by atoms with Crippen LogP contribution in [0.1, 0.15) is 6.42 Å². The van der Waals surface area contributed by atoms with Crippen molar-refractivity contribution in [2.24, 2.45) is 0 Å². The van der Waals surface area contributed by atoms with Gasteiger partial charge in [-0.15, -0.1) is 0 Å². The van der Waals surface area contributed by atoms with Crippen LogP contribution in [0.2, 0.25) is 0 Å². The predicted molar refractivity (Wildman–Crippen MR) is 33.2 cm³/mol. The van der Waals surface area contributed by atoms with Crippen molar-refractivity contribution in [1.82, 2.24) is 0 Å². The van der Waals surface area contributed by atoms with Gasteiger partial charge in [-0.25, -0.2) is 0 Å². The van der Waals surface area contributed by atoms with Crippen molar-refractivity contribution in [2.45, 2.75) is 11.7 Å². The molecule has 0 aliphatic heterocycles. The number of carboxylic acids is 2. The summed E-state index contributed by atoms with van der Waals surface area (Å²) in [7, 11) is 0. The second-order valence-corrected chi connectivity index (χ2v) is 2.03. The monoisotopic (exact) mass is 236 g/mol. The van der Waals surface area contributed by atoms with Crippen molar-refractivity contribution >= 4 is 70.0 Å². The second-order valence-electron chi connectivity index (χ2n) is 1.41. The van der Waals surface area contributed by atoms with E-state index in [1.165, 1.54) is 0 Å². The van der Waals surface area contributed by atoms with E-state index in [2.05, 4.69) is 12.6 Å². The Labute approximate surface area is 100 Å². The maximum Gasteiger partial charge on any atom is 2.00 e. The fraction of sp³-hybridized carbons (Fsp3) is 0.500. The minimum atomic E-state index is -1.50. The Balaban J connectivity index is 0. The maximum absolute atomic E-state index is 9.76. The quantitative estimate of drug-likeness (QED) is 0.413. The minimum Gasteiger partial charge on any atom is -0.550 e. The van der Waals surface area contributed by atoms with Gasteiger partial charge in [0.2, 0.25) is 0 Å². The molecule has 0 saturated heterocycles. The van der Waals surface area contributed by atoms with Gasteiger partial charge >= 0.3 is 45.5 Å². The van der Waals surface area contributed by atoms with Crippen LogP contribution in [0, 0.1) is 0 Å². The summed E-state index contributed by atoms with van der Waals surface area (Å²) in [6, 6.07) is 0. The summed E-state index contributed by atoms with van der Waals surface area (Å²) in [6.07, 6.45) is -0.620. The summed E-state index contributed by atoms with van der Waals surface area (Å²) >= 11 is 3.38. The molecule has 0 aromatic heterocycles. The molecule has 1 atom stereocenters. The molecule has 0 fully saturated rings. The predicted octanol–water partition coefficient (Wildman–Crippen LogP) is -3.21. The number of thiol groups is 1. The van der Waals surface area contributed by atoms with Crippen molar-refractivity contribution in [3.8, 4) is 0 Å². The first-order valence-electron chi connectivity index (χ1n) is 2.13. The standard InChI is InChI=1S/C4H6O4S.Sr/c5-3(6)1-2(9)4(7)8;/h2,9H,1H2,(H,5,6)(H,7,8);/q;+2/p-2. The molecule has 0 aliphatic carbocycles. The number of carboxylic acid groups (broad SMARTS) is 2. The molecule has 0 bridgehead atoms. The molecular weight excluding hydrogens is 232 g/mol. The first-order valence-corrected chi connectivity index (χ1v) is 2.64. The first kappa shape index (κ1) is 13.4. The molecule has 0 heterocycles. The number of rotatable bonds is 3. The fourth-order valence-corrected chi connectivity index (χ4v) is 0.390. The summed E-state index contributed by atoms with van der Waals surface area (Å²) in [5.41, 5.74) is 0. The molecule has 0 aromatic carbocycles. The van der Waals surface area contributed by atoms with E-state index in [1.54, 1.807) is 0 Å². The van der Waals surface area contributed by atoms with E-state index < -0.39 is 23.6 Å². The number of carbonyl (C=O) groups is 2. The van der Waals surface area contributed by atoms with E-state index in [0.29, 0.717) is 0 Å². The zero-order valence-corrected chi connectivity index (χ0v) is 9.44. The van der Waals surface area contributed by atoms with Crippen LogP contribution in [-0.4, -0.2) is 62.7 Å². The van der Waals surface area contributed by atoms with Crippen LogP contribution in [0.25, 0.3) is 0 Å². The SMILES string of the molecule is O=C([O-])CC(S)C(=O)[O-].[Sr+2]. The van der Waals surface area contributed by atoms with Crippen LogP contribution in [-0.2, 0) is 9.59 Å². The zero-order valence-electron chi connectivity index (χ0n) is 5.07. The third kappa shape index (κ3) is 6.88. The minimum absolute atomic E-state index is 0. The molecule has 4 nitrogen and oxygen atoms in total. The second kappa shape index (κ2) is 6.48. The smallest absolute Gasteiger partial charge is 0.550 e. The number of carbonyl (C=O) groups excluding carboxylic acids is 2. The third-order valence-corrected chi connectivity index (χ3v) is 1.03. The van der Waals surface area contributed by atoms with Gasteiger partial charge in [0.15, 0.2) is 0 Å². The zero-order chi connectivity index (χ0) is 7.44. The van der Waals surface area contributed by atoms with Crippen molar-refractivity contribution in [1.29, 1.82) is 0 Å². The normalized spacial score (nSPS) is 11.3. The molecule has 0 N–H and O–H groups in total. The largest absolute Gasteiger partial charge is 2.00 e. The molecule has 10 heavy (non-hydrogen) atoms. The Morgan fingerprint density at radius 1 is 1.40 bits per heavy atom. The molecule has 0 saturated carbocycles. The molecule has 0 radical (unpaired) electrons. The Morgan fingerprint density at radius 2 is 1.80 bits per heavy atom. The Morgan fingerprint density at radius 3 is 1.90 bits per heavy atom. The number of hydrogen-bond donors (Lipinski definition) is 1. The van der Waals surface area contributed by atoms with Crippen LogP contribution in [0.15, 0.2) is 0 Å². The first-order chi connectivity index (χ1) is 4.04. The van der Waals surface area contributed by atoms with Crippen LogP contribution in [0.4, 0.5) is 0 Å². The molecule has 1 unspecified atom stereocenters. The van der Waals surface area contributed by atoms with Gasteiger partial charge in [0.05, 0.1) is 5.97 Å². The van der Waals surface area contributed by atoms with E-state index in [9.17, 15) is 19.8 Å². The third-order valence-electron chi connectivity index (χ3n) is 0.632.